The van der Waals surface area contributed by atoms with Gasteiger partial charge in [0.15, 0.2) is 0 Å². The molecule has 10 saturated carbocycles. The van der Waals surface area contributed by atoms with Gasteiger partial charge in [-0.3, -0.25) is 14.4 Å². The average molecular weight is 571 g/mol. The lowest BCUT2D eigenvalue weighted by Gasteiger charge is -2.60. The largest absolute Gasteiger partial charge is 0.465 e. The van der Waals surface area contributed by atoms with E-state index in [1.54, 1.807) is 0 Å². The molecule has 226 valence electrons. The lowest BCUT2D eigenvalue weighted by Crippen LogP contribution is -2.57. The van der Waals surface area contributed by atoms with E-state index in [0.717, 1.165) is 64.2 Å². The summed E-state index contributed by atoms with van der Waals surface area (Å²) in [5.41, 5.74) is -1.71. The minimum atomic E-state index is -0.961. The summed E-state index contributed by atoms with van der Waals surface area (Å²) < 4.78 is 12.1. The van der Waals surface area contributed by atoms with Crippen molar-refractivity contribution < 1.29 is 39.2 Å². The van der Waals surface area contributed by atoms with Crippen LogP contribution in [0.15, 0.2) is 0 Å². The van der Waals surface area contributed by atoms with Crippen LogP contribution in [-0.2, 0) is 23.9 Å². The average Bonchev–Trinajstić information content (AvgIpc) is 3.38. The molecule has 10 unspecified atom stereocenters. The van der Waals surface area contributed by atoms with Gasteiger partial charge in [0.05, 0.1) is 42.4 Å². The fourth-order valence-electron chi connectivity index (χ4n) is 13.3. The number of ether oxygens (including phenoxy) is 2. The van der Waals surface area contributed by atoms with Gasteiger partial charge >= 0.3 is 11.9 Å². The van der Waals surface area contributed by atoms with Crippen LogP contribution in [0.5, 0.6) is 0 Å². The van der Waals surface area contributed by atoms with Gasteiger partial charge < -0.3 is 24.8 Å². The van der Waals surface area contributed by atoms with Crippen molar-refractivity contribution in [3.8, 4) is 0 Å². The highest BCUT2D eigenvalue weighted by molar-refractivity contribution is 5.87. The Morgan fingerprint density at radius 1 is 0.634 bits per heavy atom. The number of hydrogen-bond donors (Lipinski definition) is 3. The molecule has 10 atom stereocenters. The molecule has 0 aromatic carbocycles. The molecule has 0 radical (unpaired) electrons. The van der Waals surface area contributed by atoms with E-state index in [0.29, 0.717) is 42.9 Å². The third kappa shape index (κ3) is 4.20. The Hall–Kier alpha value is -1.51. The summed E-state index contributed by atoms with van der Waals surface area (Å²) in [5, 5.41) is 33.4. The highest BCUT2D eigenvalue weighted by Crippen LogP contribution is 2.63. The number of esters is 2. The highest BCUT2D eigenvalue weighted by Gasteiger charge is 2.65. The van der Waals surface area contributed by atoms with Gasteiger partial charge in [-0.25, -0.2) is 0 Å². The van der Waals surface area contributed by atoms with Crippen molar-refractivity contribution in [3.63, 3.8) is 0 Å². The van der Waals surface area contributed by atoms with Crippen LogP contribution in [0.3, 0.4) is 0 Å². The van der Waals surface area contributed by atoms with Gasteiger partial charge in [0.2, 0.25) is 0 Å². The molecule has 10 rings (SSSR count). The summed E-state index contributed by atoms with van der Waals surface area (Å²) in [7, 11) is 0. The van der Waals surface area contributed by atoms with Gasteiger partial charge in [-0.15, -0.1) is 0 Å². The standard InChI is InChI=1S/C33H46O8/c1-17(34)24-22-4-23(27(24)35)26(29(37)41-16-31-7-20-3-21(8-31)12-33(39,11-20)14-31)25(22)28(36)40-15-30-5-18-2-19(6-30)10-32(38,9-18)13-30/h18-27,35,38-39H,2-16H2,1H3. The second kappa shape index (κ2) is 8.78. The Balaban J connectivity index is 0.993. The van der Waals surface area contributed by atoms with Crippen LogP contribution in [0.1, 0.15) is 90.4 Å². The minimum Gasteiger partial charge on any atom is -0.465 e. The normalized spacial score (nSPS) is 55.4. The lowest BCUT2D eigenvalue weighted by atomic mass is 9.48. The topological polar surface area (TPSA) is 130 Å². The Labute approximate surface area is 241 Å². The first-order valence-corrected chi connectivity index (χ1v) is 16.3. The lowest BCUT2D eigenvalue weighted by molar-refractivity contribution is -0.196. The fraction of sp³-hybridized carbons (Fsp3) is 0.909. The molecule has 0 amide bonds. The van der Waals surface area contributed by atoms with Crippen molar-refractivity contribution in [2.24, 2.45) is 64.1 Å². The van der Waals surface area contributed by atoms with E-state index >= 15 is 0 Å². The van der Waals surface area contributed by atoms with Gasteiger partial charge in [-0.05, 0) is 126 Å². The molecule has 0 aromatic heterocycles. The van der Waals surface area contributed by atoms with Crippen molar-refractivity contribution in [3.05, 3.63) is 0 Å². The zero-order valence-electron chi connectivity index (χ0n) is 24.3. The van der Waals surface area contributed by atoms with Crippen LogP contribution in [0, 0.1) is 64.1 Å². The summed E-state index contributed by atoms with van der Waals surface area (Å²) in [4.78, 5) is 40.2. The molecule has 0 saturated heterocycles. The van der Waals surface area contributed by atoms with Crippen LogP contribution in [0.25, 0.3) is 0 Å². The molecule has 10 bridgehead atoms. The number of fused-ring (bicyclic) bond motifs is 2. The quantitative estimate of drug-likeness (QED) is 0.398. The van der Waals surface area contributed by atoms with Crippen LogP contribution in [0.2, 0.25) is 0 Å². The monoisotopic (exact) mass is 570 g/mol. The second-order valence-corrected chi connectivity index (χ2v) is 16.8. The van der Waals surface area contributed by atoms with Crippen molar-refractivity contribution in [1.29, 1.82) is 0 Å². The van der Waals surface area contributed by atoms with Crippen LogP contribution < -0.4 is 0 Å². The Morgan fingerprint density at radius 2 is 1.05 bits per heavy atom. The van der Waals surface area contributed by atoms with Gasteiger partial charge in [-0.2, -0.15) is 0 Å². The van der Waals surface area contributed by atoms with E-state index < -0.39 is 58.8 Å². The molecule has 0 heterocycles. The Bertz CT molecular complexity index is 1130. The summed E-state index contributed by atoms with van der Waals surface area (Å²) in [6, 6.07) is 0. The molecule has 41 heavy (non-hydrogen) atoms. The Kier molecular flexibility index (Phi) is 5.80. The summed E-state index contributed by atoms with van der Waals surface area (Å²) in [5.74, 6) is -2.39. The number of hydrogen-bond acceptors (Lipinski definition) is 8. The van der Waals surface area contributed by atoms with Crippen molar-refractivity contribution in [2.45, 2.75) is 108 Å². The van der Waals surface area contributed by atoms with Crippen molar-refractivity contribution in [2.75, 3.05) is 13.2 Å². The third-order valence-corrected chi connectivity index (χ3v) is 13.5. The van der Waals surface area contributed by atoms with E-state index in [1.807, 2.05) is 0 Å². The second-order valence-electron chi connectivity index (χ2n) is 16.8. The first-order valence-electron chi connectivity index (χ1n) is 16.3. The van der Waals surface area contributed by atoms with E-state index in [1.165, 1.54) is 6.92 Å². The predicted molar refractivity (Wildman–Crippen MR) is 145 cm³/mol. The molecule has 3 N–H and O–H groups in total. The van der Waals surface area contributed by atoms with Crippen LogP contribution in [-0.4, -0.2) is 63.6 Å². The molecular formula is C33H46O8. The molecule has 8 heteroatoms. The minimum absolute atomic E-state index is 0.153. The number of ketones is 1. The number of rotatable bonds is 7. The SMILES string of the molecule is CC(=O)C1C(O)C2CC1C(C(=O)OCC13CC4CC(CC(O)(C4)C1)C3)C2C(=O)OCC12CC3CC(CC(O)(C3)C1)C2. The van der Waals surface area contributed by atoms with Gasteiger partial charge in [0.25, 0.3) is 0 Å². The molecule has 8 nitrogen and oxygen atoms in total. The zero-order valence-corrected chi connectivity index (χ0v) is 24.3. The number of aliphatic hydroxyl groups is 3. The van der Waals surface area contributed by atoms with Crippen LogP contribution >= 0.6 is 0 Å². The molecule has 10 fully saturated rings. The Morgan fingerprint density at radius 3 is 1.44 bits per heavy atom. The maximum Gasteiger partial charge on any atom is 0.310 e. The number of carbonyl (C=O) groups excluding carboxylic acids is 3. The number of Topliss-reactive ketones (excluding diaryl/α,β-unsaturated/α-hetero) is 1. The van der Waals surface area contributed by atoms with Crippen molar-refractivity contribution >= 4 is 17.7 Å². The molecule has 0 aliphatic heterocycles. The van der Waals surface area contributed by atoms with Crippen LogP contribution in [0.4, 0.5) is 0 Å². The summed E-state index contributed by atoms with van der Waals surface area (Å²) in [6.45, 7) is 1.94. The predicted octanol–water partition coefficient (Wildman–Crippen LogP) is 3.18. The first kappa shape index (κ1) is 27.1. The highest BCUT2D eigenvalue weighted by atomic mass is 16.5. The zero-order chi connectivity index (χ0) is 28.5. The van der Waals surface area contributed by atoms with E-state index in [-0.39, 0.29) is 29.8 Å². The summed E-state index contributed by atoms with van der Waals surface area (Å²) >= 11 is 0. The molecule has 0 spiro atoms. The van der Waals surface area contributed by atoms with Gasteiger partial charge in [0.1, 0.15) is 5.78 Å². The smallest absolute Gasteiger partial charge is 0.310 e. The number of aliphatic hydroxyl groups excluding tert-OH is 1. The van der Waals surface area contributed by atoms with Gasteiger partial charge in [-0.1, -0.05) is 0 Å². The maximum atomic E-state index is 13.8. The number of carbonyl (C=O) groups is 3. The maximum absolute atomic E-state index is 13.8. The first-order chi connectivity index (χ1) is 19.4. The molecule has 10 aliphatic rings. The van der Waals surface area contributed by atoms with E-state index in [2.05, 4.69) is 0 Å². The summed E-state index contributed by atoms with van der Waals surface area (Å²) in [6.07, 6.45) is 10.3. The molecule has 0 aromatic rings. The molecule has 10 aliphatic carbocycles. The third-order valence-electron chi connectivity index (χ3n) is 13.5. The van der Waals surface area contributed by atoms with Gasteiger partial charge in [0, 0.05) is 16.7 Å². The fourth-order valence-corrected chi connectivity index (χ4v) is 13.3. The van der Waals surface area contributed by atoms with E-state index in [4.69, 9.17) is 9.47 Å². The van der Waals surface area contributed by atoms with Crippen molar-refractivity contribution in [1.82, 2.24) is 0 Å². The molecular weight excluding hydrogens is 524 g/mol. The van der Waals surface area contributed by atoms with E-state index in [9.17, 15) is 29.7 Å².